The molecule has 68 valence electrons. The van der Waals surface area contributed by atoms with Crippen molar-refractivity contribution in [3.8, 4) is 0 Å². The van der Waals surface area contributed by atoms with Gasteiger partial charge in [0.1, 0.15) is 0 Å². The maximum absolute atomic E-state index is 11.9. The molecule has 0 nitrogen and oxygen atoms in total. The van der Waals surface area contributed by atoms with Gasteiger partial charge in [-0.1, -0.05) is 6.92 Å². The van der Waals surface area contributed by atoms with E-state index in [-0.39, 0.29) is 29.6 Å². The molecule has 0 saturated carbocycles. The molecule has 0 fully saturated rings. The Morgan fingerprint density at radius 3 is 1.50 bits per heavy atom. The Bertz CT molecular complexity index is 130. The van der Waals surface area contributed by atoms with Crippen LogP contribution in [0.3, 0.4) is 0 Å². The van der Waals surface area contributed by atoms with Crippen LogP contribution in [-0.4, -0.2) is 12.1 Å². The van der Waals surface area contributed by atoms with Gasteiger partial charge in [-0.05, 0) is 6.42 Å². The third-order valence-corrected chi connectivity index (χ3v) is 1.01. The van der Waals surface area contributed by atoms with Crippen LogP contribution in [-0.2, 0) is 0 Å². The molecule has 0 atom stereocenters. The first-order valence-electron chi connectivity index (χ1n) is 2.69. The fourth-order valence-corrected chi connectivity index (χ4v) is 0.363. The molecule has 0 N–H and O–H groups in total. The Kier molecular flexibility index (Phi) is 5.92. The van der Waals surface area contributed by atoms with Gasteiger partial charge in [-0.3, -0.25) is 0 Å². The Morgan fingerprint density at radius 2 is 1.42 bits per heavy atom. The molecule has 0 aromatic rings. The number of rotatable bonds is 2. The topological polar surface area (TPSA) is 0 Å². The molecule has 0 bridgehead atoms. The zero-order chi connectivity index (χ0) is 9.28. The molecule has 0 radical (unpaired) electrons. The second-order valence-corrected chi connectivity index (χ2v) is 1.87. The van der Waals surface area contributed by atoms with Crippen LogP contribution >= 0.6 is 0 Å². The van der Waals surface area contributed by atoms with Gasteiger partial charge in [-0.15, -0.1) is 0 Å². The molecule has 0 aliphatic rings. The summed E-state index contributed by atoms with van der Waals surface area (Å²) in [5.41, 5.74) is 0. The third-order valence-electron chi connectivity index (χ3n) is 1.01. The maximum atomic E-state index is 11.9. The minimum Gasteiger partial charge on any atom is -0.441 e. The second kappa shape index (κ2) is 4.72. The molecule has 12 heavy (non-hydrogen) atoms. The van der Waals surface area contributed by atoms with Crippen molar-refractivity contribution in [2.24, 2.45) is 0 Å². The Morgan fingerprint density at radius 1 is 1.08 bits per heavy atom. The molecule has 0 aliphatic heterocycles. The fourth-order valence-electron chi connectivity index (χ4n) is 0.363. The van der Waals surface area contributed by atoms with Gasteiger partial charge >= 0.3 is 35.7 Å². The van der Waals surface area contributed by atoms with E-state index < -0.39 is 24.7 Å². The van der Waals surface area contributed by atoms with Crippen molar-refractivity contribution in [1.29, 1.82) is 0 Å². The number of hydrogen-bond donors (Lipinski definition) is 0. The van der Waals surface area contributed by atoms with Crippen LogP contribution < -0.4 is 29.6 Å². The number of halogens is 6. The smallest absolute Gasteiger partial charge is 0.441 e. The van der Waals surface area contributed by atoms with Crippen LogP contribution in [0.5, 0.6) is 0 Å². The predicted octanol–water partition coefficient (Wildman–Crippen LogP) is 0.0995. The Labute approximate surface area is 87.6 Å². The standard InChI is InChI=1S/C5H5F6.Na/c1-2-4(7,8)3(6)5(9,10)11;/h2H2,1H3;/q-1;+1. The molecule has 0 aliphatic carbocycles. The molecular weight excluding hydrogens is 197 g/mol. The number of alkyl halides is 5. The van der Waals surface area contributed by atoms with E-state index in [2.05, 4.69) is 0 Å². The van der Waals surface area contributed by atoms with Crippen LogP contribution in [0.4, 0.5) is 26.3 Å². The normalized spacial score (nSPS) is 13.0. The summed E-state index contributed by atoms with van der Waals surface area (Å²) in [5.74, 6) is -4.39. The van der Waals surface area contributed by atoms with E-state index in [1.165, 1.54) is 0 Å². The summed E-state index contributed by atoms with van der Waals surface area (Å²) in [6.45, 7) is 0.769. The Balaban J connectivity index is 0. The molecule has 7 heteroatoms. The van der Waals surface area contributed by atoms with Gasteiger partial charge in [0.15, 0.2) is 5.92 Å². The summed E-state index contributed by atoms with van der Waals surface area (Å²) in [7, 11) is 0. The van der Waals surface area contributed by atoms with Gasteiger partial charge in [0.05, 0.1) is 0 Å². The van der Waals surface area contributed by atoms with Crippen molar-refractivity contribution in [3.05, 3.63) is 6.17 Å². The summed E-state index contributed by atoms with van der Waals surface area (Å²) in [6, 6.07) is 0. The second-order valence-electron chi connectivity index (χ2n) is 1.87. The first kappa shape index (κ1) is 15.1. The first-order valence-corrected chi connectivity index (χ1v) is 2.69. The minimum absolute atomic E-state index is 0. The molecule has 0 aromatic heterocycles. The van der Waals surface area contributed by atoms with Crippen LogP contribution in [0.1, 0.15) is 13.3 Å². The molecule has 0 amide bonds. The van der Waals surface area contributed by atoms with Crippen LogP contribution in [0.2, 0.25) is 0 Å². The molecule has 0 saturated heterocycles. The zero-order valence-electron chi connectivity index (χ0n) is 6.47. The SMILES string of the molecule is CCC(F)(F)[C-](F)C(F)(F)F.[Na+]. The quantitative estimate of drug-likeness (QED) is 0.338. The Hall–Kier alpha value is 0.580. The van der Waals surface area contributed by atoms with Gasteiger partial charge in [-0.25, -0.2) is 22.0 Å². The van der Waals surface area contributed by atoms with Crippen molar-refractivity contribution in [3.63, 3.8) is 0 Å². The van der Waals surface area contributed by atoms with Gasteiger partial charge < -0.3 is 4.39 Å². The fraction of sp³-hybridized carbons (Fsp3) is 0.800. The van der Waals surface area contributed by atoms with Gasteiger partial charge in [-0.2, -0.15) is 0 Å². The molecule has 0 unspecified atom stereocenters. The average molecular weight is 202 g/mol. The van der Waals surface area contributed by atoms with E-state index in [1.54, 1.807) is 0 Å². The van der Waals surface area contributed by atoms with E-state index >= 15 is 0 Å². The van der Waals surface area contributed by atoms with Crippen LogP contribution in [0, 0.1) is 6.17 Å². The molecule has 0 aromatic carbocycles. The zero-order valence-corrected chi connectivity index (χ0v) is 8.47. The summed E-state index contributed by atoms with van der Waals surface area (Å²) < 4.78 is 69.3. The molecule has 0 rings (SSSR count). The van der Waals surface area contributed by atoms with Crippen LogP contribution in [0.25, 0.3) is 0 Å². The van der Waals surface area contributed by atoms with E-state index in [4.69, 9.17) is 0 Å². The largest absolute Gasteiger partial charge is 1.00 e. The van der Waals surface area contributed by atoms with Crippen molar-refractivity contribution in [1.82, 2.24) is 0 Å². The van der Waals surface area contributed by atoms with Gasteiger partial charge in [0.2, 0.25) is 0 Å². The maximum Gasteiger partial charge on any atom is 1.00 e. The van der Waals surface area contributed by atoms with E-state index in [9.17, 15) is 26.3 Å². The van der Waals surface area contributed by atoms with Gasteiger partial charge in [0, 0.05) is 6.17 Å². The molecule has 0 spiro atoms. The van der Waals surface area contributed by atoms with E-state index in [0.717, 1.165) is 6.92 Å². The minimum atomic E-state index is -5.56. The predicted molar refractivity (Wildman–Crippen MR) is 25.6 cm³/mol. The van der Waals surface area contributed by atoms with Crippen molar-refractivity contribution < 1.29 is 55.9 Å². The monoisotopic (exact) mass is 202 g/mol. The van der Waals surface area contributed by atoms with Crippen molar-refractivity contribution in [2.75, 3.05) is 0 Å². The summed E-state index contributed by atoms with van der Waals surface area (Å²) in [4.78, 5) is 0. The average Bonchev–Trinajstić information content (AvgIpc) is 1.84. The summed E-state index contributed by atoms with van der Waals surface area (Å²) in [6.07, 6.45) is -9.98. The van der Waals surface area contributed by atoms with Crippen molar-refractivity contribution in [2.45, 2.75) is 25.4 Å². The van der Waals surface area contributed by atoms with Crippen LogP contribution in [0.15, 0.2) is 0 Å². The summed E-state index contributed by atoms with van der Waals surface area (Å²) in [5, 5.41) is 0. The molecule has 0 heterocycles. The number of hydrogen-bond acceptors (Lipinski definition) is 0. The first-order chi connectivity index (χ1) is 4.72. The van der Waals surface area contributed by atoms with E-state index in [1.807, 2.05) is 0 Å². The van der Waals surface area contributed by atoms with Crippen molar-refractivity contribution >= 4 is 0 Å². The molecular formula is C5H5F6Na. The third kappa shape index (κ3) is 4.00. The van der Waals surface area contributed by atoms with E-state index in [0.29, 0.717) is 0 Å². The summed E-state index contributed by atoms with van der Waals surface area (Å²) >= 11 is 0. The van der Waals surface area contributed by atoms with Gasteiger partial charge in [0.25, 0.3) is 0 Å².